The first-order chi connectivity index (χ1) is 9.95. The first-order valence-electron chi connectivity index (χ1n) is 7.60. The second kappa shape index (κ2) is 7.30. The van der Waals surface area contributed by atoms with E-state index in [0.29, 0.717) is 23.0 Å². The molecular weight excluding hydrogens is 355 g/mol. The average Bonchev–Trinajstić information content (AvgIpc) is 2.41. The first kappa shape index (κ1) is 17.0. The molecule has 118 valence electrons. The molecule has 1 fully saturated rings. The highest BCUT2D eigenvalue weighted by Gasteiger charge is 2.33. The zero-order chi connectivity index (χ0) is 15.6. The Bertz CT molecular complexity index is 474. The number of hydrogen-bond donors (Lipinski definition) is 1. The summed E-state index contributed by atoms with van der Waals surface area (Å²) >= 11 is 9.73. The summed E-state index contributed by atoms with van der Waals surface area (Å²) in [6.45, 7) is 8.66. The first-order valence-corrected chi connectivity index (χ1v) is 8.77. The van der Waals surface area contributed by atoms with Crippen molar-refractivity contribution in [2.24, 2.45) is 5.92 Å². The minimum atomic E-state index is -0.309. The molecule has 1 aromatic carbocycles. The number of halogens is 3. The van der Waals surface area contributed by atoms with Gasteiger partial charge in [-0.15, -0.1) is 0 Å². The topological polar surface area (TPSA) is 15.3 Å². The van der Waals surface area contributed by atoms with E-state index >= 15 is 0 Å². The molecule has 0 bridgehead atoms. The second-order valence-electron chi connectivity index (χ2n) is 5.86. The Labute approximate surface area is 140 Å². The van der Waals surface area contributed by atoms with Crippen molar-refractivity contribution in [3.05, 3.63) is 27.4 Å². The van der Waals surface area contributed by atoms with Crippen LogP contribution < -0.4 is 10.2 Å². The largest absolute Gasteiger partial charge is 0.366 e. The normalized spacial score (nSPS) is 26.2. The van der Waals surface area contributed by atoms with Gasteiger partial charge in [0.05, 0.1) is 10.7 Å². The van der Waals surface area contributed by atoms with Crippen molar-refractivity contribution in [1.29, 1.82) is 0 Å². The summed E-state index contributed by atoms with van der Waals surface area (Å²) in [7, 11) is 0. The Hall–Kier alpha value is -0.320. The lowest BCUT2D eigenvalue weighted by Gasteiger charge is -2.45. The quantitative estimate of drug-likeness (QED) is 0.807. The number of nitrogens with one attached hydrogen (secondary N) is 1. The van der Waals surface area contributed by atoms with Gasteiger partial charge >= 0.3 is 0 Å². The molecule has 2 nitrogen and oxygen atoms in total. The van der Waals surface area contributed by atoms with Crippen LogP contribution in [-0.4, -0.2) is 25.2 Å². The van der Waals surface area contributed by atoms with Crippen molar-refractivity contribution >= 4 is 33.2 Å². The van der Waals surface area contributed by atoms with E-state index in [1.165, 1.54) is 12.1 Å². The highest BCUT2D eigenvalue weighted by atomic mass is 79.9. The van der Waals surface area contributed by atoms with Gasteiger partial charge in [0.1, 0.15) is 5.82 Å². The number of nitrogens with zero attached hydrogens (tertiary/aromatic N) is 1. The standard InChI is InChI=1S/C16H23BrClFN2/c1-4-6-20-15-5-7-21(11(3)10(15)2)16-13(17)8-12(19)9-14(16)18/h8-11,15,20H,4-7H2,1-3H3. The van der Waals surface area contributed by atoms with Crippen molar-refractivity contribution in [2.45, 2.75) is 45.7 Å². The second-order valence-corrected chi connectivity index (χ2v) is 7.12. The molecule has 21 heavy (non-hydrogen) atoms. The molecule has 1 aromatic rings. The van der Waals surface area contributed by atoms with Gasteiger partial charge in [-0.05, 0) is 60.3 Å². The van der Waals surface area contributed by atoms with Gasteiger partial charge in [-0.3, -0.25) is 0 Å². The highest BCUT2D eigenvalue weighted by molar-refractivity contribution is 9.10. The molecule has 1 aliphatic rings. The number of hydrogen-bond acceptors (Lipinski definition) is 2. The van der Waals surface area contributed by atoms with Gasteiger partial charge in [0.25, 0.3) is 0 Å². The maximum absolute atomic E-state index is 13.4. The predicted octanol–water partition coefficient (Wildman–Crippen LogP) is 4.84. The van der Waals surface area contributed by atoms with Gasteiger partial charge in [-0.2, -0.15) is 0 Å². The molecule has 3 unspecified atom stereocenters. The van der Waals surface area contributed by atoms with Crippen LogP contribution in [0.1, 0.15) is 33.6 Å². The van der Waals surface area contributed by atoms with E-state index in [4.69, 9.17) is 11.6 Å². The lowest BCUT2D eigenvalue weighted by Crippen LogP contribution is -2.53. The highest BCUT2D eigenvalue weighted by Crippen LogP contribution is 2.39. The average molecular weight is 378 g/mol. The Balaban J connectivity index is 2.20. The smallest absolute Gasteiger partial charge is 0.125 e. The maximum atomic E-state index is 13.4. The zero-order valence-electron chi connectivity index (χ0n) is 12.8. The summed E-state index contributed by atoms with van der Waals surface area (Å²) in [4.78, 5) is 2.29. The fourth-order valence-electron chi connectivity index (χ4n) is 3.11. The van der Waals surface area contributed by atoms with Crippen LogP contribution in [0.4, 0.5) is 10.1 Å². The van der Waals surface area contributed by atoms with Gasteiger partial charge in [-0.25, -0.2) is 4.39 Å². The van der Waals surface area contributed by atoms with E-state index in [9.17, 15) is 4.39 Å². The maximum Gasteiger partial charge on any atom is 0.125 e. The summed E-state index contributed by atoms with van der Waals surface area (Å²) in [5.74, 6) is 0.203. The zero-order valence-corrected chi connectivity index (χ0v) is 15.1. The number of rotatable bonds is 4. The monoisotopic (exact) mass is 376 g/mol. The molecule has 1 aliphatic heterocycles. The summed E-state index contributed by atoms with van der Waals surface area (Å²) in [6.07, 6.45) is 2.22. The van der Waals surface area contributed by atoms with E-state index < -0.39 is 0 Å². The van der Waals surface area contributed by atoms with Crippen LogP contribution in [0.3, 0.4) is 0 Å². The minimum absolute atomic E-state index is 0.309. The number of piperidine rings is 1. The van der Waals surface area contributed by atoms with Crippen LogP contribution in [-0.2, 0) is 0 Å². The van der Waals surface area contributed by atoms with Crippen LogP contribution in [0.25, 0.3) is 0 Å². The molecule has 1 saturated heterocycles. The van der Waals surface area contributed by atoms with E-state index in [2.05, 4.69) is 46.9 Å². The van der Waals surface area contributed by atoms with Gasteiger partial charge in [0.2, 0.25) is 0 Å². The number of anilines is 1. The van der Waals surface area contributed by atoms with Crippen molar-refractivity contribution in [3.63, 3.8) is 0 Å². The Kier molecular flexibility index (Phi) is 5.92. The molecule has 0 radical (unpaired) electrons. The molecule has 1 N–H and O–H groups in total. The predicted molar refractivity (Wildman–Crippen MR) is 91.8 cm³/mol. The van der Waals surface area contributed by atoms with E-state index in [1.54, 1.807) is 0 Å². The van der Waals surface area contributed by atoms with E-state index in [1.807, 2.05) is 0 Å². The SMILES string of the molecule is CCCNC1CCN(c2c(Cl)cc(F)cc2Br)C(C)C1C. The Morgan fingerprint density at radius 1 is 1.43 bits per heavy atom. The van der Waals surface area contributed by atoms with Crippen LogP contribution in [0.5, 0.6) is 0 Å². The van der Waals surface area contributed by atoms with Crippen molar-refractivity contribution in [3.8, 4) is 0 Å². The molecule has 1 heterocycles. The van der Waals surface area contributed by atoms with Crippen LogP contribution in [0.15, 0.2) is 16.6 Å². The Morgan fingerprint density at radius 3 is 2.76 bits per heavy atom. The van der Waals surface area contributed by atoms with Crippen molar-refractivity contribution in [1.82, 2.24) is 5.32 Å². The molecule has 0 saturated carbocycles. The molecule has 0 amide bonds. The van der Waals surface area contributed by atoms with E-state index in [0.717, 1.165) is 36.1 Å². The molecule has 0 aromatic heterocycles. The van der Waals surface area contributed by atoms with Crippen LogP contribution >= 0.6 is 27.5 Å². The van der Waals surface area contributed by atoms with Crippen LogP contribution in [0.2, 0.25) is 5.02 Å². The summed E-state index contributed by atoms with van der Waals surface area (Å²) < 4.78 is 14.1. The molecule has 3 atom stereocenters. The third kappa shape index (κ3) is 3.72. The van der Waals surface area contributed by atoms with Gasteiger partial charge in [0.15, 0.2) is 0 Å². The lowest BCUT2D eigenvalue weighted by molar-refractivity contribution is 0.271. The number of benzene rings is 1. The minimum Gasteiger partial charge on any atom is -0.366 e. The van der Waals surface area contributed by atoms with Gasteiger partial charge in [-0.1, -0.05) is 25.4 Å². The molecule has 2 rings (SSSR count). The van der Waals surface area contributed by atoms with Crippen molar-refractivity contribution in [2.75, 3.05) is 18.0 Å². The van der Waals surface area contributed by atoms with Gasteiger partial charge < -0.3 is 10.2 Å². The summed E-state index contributed by atoms with van der Waals surface area (Å²) in [6, 6.07) is 3.77. The molecule has 5 heteroatoms. The third-order valence-corrected chi connectivity index (χ3v) is 5.39. The molecular formula is C16H23BrClFN2. The van der Waals surface area contributed by atoms with Crippen LogP contribution in [0, 0.1) is 11.7 Å². The lowest BCUT2D eigenvalue weighted by atomic mass is 9.86. The summed E-state index contributed by atoms with van der Waals surface area (Å²) in [5, 5.41) is 4.10. The third-order valence-electron chi connectivity index (χ3n) is 4.49. The Morgan fingerprint density at radius 2 is 2.14 bits per heavy atom. The summed E-state index contributed by atoms with van der Waals surface area (Å²) in [5.41, 5.74) is 0.909. The van der Waals surface area contributed by atoms with E-state index in [-0.39, 0.29) is 5.82 Å². The molecule has 0 aliphatic carbocycles. The van der Waals surface area contributed by atoms with Crippen molar-refractivity contribution < 1.29 is 4.39 Å². The van der Waals surface area contributed by atoms with Gasteiger partial charge in [0, 0.05) is 23.1 Å². The fourth-order valence-corrected chi connectivity index (χ4v) is 4.20. The fraction of sp³-hybridized carbons (Fsp3) is 0.625. The molecule has 0 spiro atoms.